The van der Waals surface area contributed by atoms with Gasteiger partial charge in [-0.2, -0.15) is 4.57 Å². The number of hydrogen-bond donors (Lipinski definition) is 15. The summed E-state index contributed by atoms with van der Waals surface area (Å²) in [5.41, 5.74) is 38.0. The molecule has 1 aromatic heterocycles. The SMILES string of the molecule is C/C1=C2/N[C@H]([C@H](CC(N)=O)[C@@]2(C)CCC(=O)NC[C@@H](C)OP(=O)(O)O[C@H]2[C@@H](O)[C@@H]([n+]3c[nH]c4cc(C)c(C)cc43)O[C@@H]2CO)[C@]2(C)NC(/C(C)=C3\N/C(=C\[C@@H]4NC1[C@@H](CCC(N)=O)C4(C)C)[C@@H](CCC(N)=O)[C@]3(C)CC(N)=O)[C@@H](CCC(N)=O)[C@]2(C)CC(N)=O. The second-order valence-electron chi connectivity index (χ2n) is 28.0. The largest absolute Gasteiger partial charge is 0.472 e. The number of carbonyl (C=O) groups excluding carboxylic acids is 7. The van der Waals surface area contributed by atoms with Gasteiger partial charge in [-0.25, -0.2) is 9.55 Å². The summed E-state index contributed by atoms with van der Waals surface area (Å²) in [7, 11) is -5.04. The topological polar surface area (TPSA) is 461 Å². The van der Waals surface area contributed by atoms with E-state index in [-0.39, 0.29) is 76.7 Å². The average Bonchev–Trinajstić information content (AvgIpc) is 1.53. The van der Waals surface area contributed by atoms with Crippen molar-refractivity contribution < 1.29 is 71.6 Å². The fourth-order valence-electron chi connectivity index (χ4n) is 16.7. The minimum absolute atomic E-state index is 0.0291. The molecule has 90 heavy (non-hydrogen) atoms. The lowest BCUT2D eigenvalue weighted by molar-refractivity contribution is -0.743. The molecule has 8 rings (SSSR count). The van der Waals surface area contributed by atoms with Crippen molar-refractivity contribution in [3.05, 3.63) is 63.9 Å². The zero-order valence-electron chi connectivity index (χ0n) is 53.7. The molecule has 7 amide bonds. The number of ether oxygens (including phenoxy) is 1. The Hall–Kier alpha value is -6.29. The molecule has 8 bridgehead atoms. The Labute approximate surface area is 525 Å². The number of phosphoric acid groups is 1. The minimum Gasteiger partial charge on any atom is -0.394 e. The number of phosphoric ester groups is 1. The number of amides is 7. The van der Waals surface area contributed by atoms with Crippen LogP contribution >= 0.6 is 7.82 Å². The van der Waals surface area contributed by atoms with Gasteiger partial charge >= 0.3 is 7.82 Å². The van der Waals surface area contributed by atoms with Crippen LogP contribution in [0, 0.1) is 59.2 Å². The number of H-pyrrole nitrogens is 1. The number of aliphatic hydroxyl groups is 2. The first kappa shape index (κ1) is 69.6. The third-order valence-electron chi connectivity index (χ3n) is 21.8. The molecule has 21 N–H and O–H groups in total. The van der Waals surface area contributed by atoms with Crippen LogP contribution in [0.5, 0.6) is 0 Å². The first-order valence-electron chi connectivity index (χ1n) is 31.1. The molecule has 6 aliphatic heterocycles. The summed E-state index contributed by atoms with van der Waals surface area (Å²) < 4.78 is 32.4. The molecule has 18 atom stereocenters. The average molecular weight is 1280 g/mol. The molecule has 1 aromatic carbocycles. The predicted molar refractivity (Wildman–Crippen MR) is 331 cm³/mol. The third-order valence-corrected chi connectivity index (χ3v) is 22.9. The van der Waals surface area contributed by atoms with Gasteiger partial charge in [0.2, 0.25) is 53.9 Å². The Morgan fingerprint density at radius 1 is 0.767 bits per heavy atom. The number of carbonyl (C=O) groups is 7. The number of hydrogen-bond acceptors (Lipinski definition) is 17. The van der Waals surface area contributed by atoms with Crippen LogP contribution in [0.2, 0.25) is 0 Å². The van der Waals surface area contributed by atoms with Crippen molar-refractivity contribution in [3.63, 3.8) is 0 Å². The smallest absolute Gasteiger partial charge is 0.394 e. The van der Waals surface area contributed by atoms with Crippen molar-refractivity contribution in [1.29, 1.82) is 0 Å². The quantitative estimate of drug-likeness (QED) is 0.0464. The van der Waals surface area contributed by atoms with E-state index in [2.05, 4.69) is 51.5 Å². The van der Waals surface area contributed by atoms with Crippen molar-refractivity contribution in [2.45, 2.75) is 207 Å². The zero-order valence-corrected chi connectivity index (χ0v) is 54.6. The number of aryl methyl sites for hydroxylation is 2. The second kappa shape index (κ2) is 26.0. The van der Waals surface area contributed by atoms with Gasteiger partial charge in [-0.1, -0.05) is 34.6 Å². The Balaban J connectivity index is 1.17. The number of nitrogens with zero attached hydrogens (tertiary/aromatic N) is 1. The highest BCUT2D eigenvalue weighted by Gasteiger charge is 2.68. The lowest BCUT2D eigenvalue weighted by atomic mass is 9.56. The number of imidazole rings is 1. The number of aliphatic hydroxyl groups excluding tert-OH is 2. The monoisotopic (exact) mass is 1280 g/mol. The number of aromatic amines is 1. The summed E-state index contributed by atoms with van der Waals surface area (Å²) >= 11 is 0. The normalized spacial score (nSPS) is 36.8. The second-order valence-corrected chi connectivity index (χ2v) is 29.3. The van der Waals surface area contributed by atoms with Crippen LogP contribution in [0.4, 0.5) is 0 Å². The Morgan fingerprint density at radius 2 is 1.37 bits per heavy atom. The zero-order chi connectivity index (χ0) is 66.7. The number of primary amides is 6. The molecular formula is C62H97N13O14P+. The van der Waals surface area contributed by atoms with Gasteiger partial charge in [0, 0.05) is 126 Å². The molecule has 0 radical (unpaired) electrons. The summed E-state index contributed by atoms with van der Waals surface area (Å²) in [5.74, 6) is -6.23. The summed E-state index contributed by atoms with van der Waals surface area (Å²) in [6.45, 7) is 20.2. The Kier molecular flexibility index (Phi) is 20.1. The number of fused-ring (bicyclic) bond motifs is 10. The van der Waals surface area contributed by atoms with Crippen LogP contribution in [0.25, 0.3) is 11.0 Å². The molecule has 2 aromatic rings. The number of nitrogens with one attached hydrogen (secondary N) is 6. The van der Waals surface area contributed by atoms with E-state index in [9.17, 15) is 53.2 Å². The van der Waals surface area contributed by atoms with Gasteiger partial charge in [0.15, 0.2) is 11.0 Å². The number of benzene rings is 1. The maximum absolute atomic E-state index is 14.4. The first-order chi connectivity index (χ1) is 41.8. The van der Waals surface area contributed by atoms with Gasteiger partial charge in [0.25, 0.3) is 0 Å². The van der Waals surface area contributed by atoms with E-state index in [0.717, 1.165) is 22.2 Å². The Morgan fingerprint density at radius 3 is 1.97 bits per heavy atom. The molecule has 27 nitrogen and oxygen atoms in total. The number of allylic oxidation sites excluding steroid dienone is 3. The van der Waals surface area contributed by atoms with Crippen molar-refractivity contribution in [2.24, 2.45) is 79.7 Å². The standard InChI is InChI=1S/C62H96N13O14P/c1-29-20-39-40(21-30(29)2)75(28-70-39)57-52(84)53(41(27-76)87-57)89-90(85,86)88-31(3)26-69-49(83)18-19-59(8)37(22-46(66)80)56-62(11)61(10,25-48(68)82)36(14-17-45(65)79)51(74-62)33(5)55-60(9,24-47(67)81)34(12-15-43(63)77)38(71-55)23-42-58(6,7)35(13-16-44(64)78)50(72-42)32(4)54(59)73-56/h20-21,23,28,31,34-37,41-42,50-53,56-57,71-74,76,84H,12-19,22,24-27H2,1-11H3,(H14,63,64,65,66,67,68,69,77,78,79,80,81,82,83,85,86)/p+1/b38-23-,54-32-,55-33-/t31-,34-,35-,36-,37+,41-,42+,50?,51?,52-,53-,56-,57+,59-,60+,61+,62+/m1/s1. The van der Waals surface area contributed by atoms with Gasteiger partial charge in [-0.3, -0.25) is 42.6 Å². The third kappa shape index (κ3) is 13.2. The van der Waals surface area contributed by atoms with Gasteiger partial charge in [-0.15, -0.1) is 0 Å². The maximum atomic E-state index is 14.4. The van der Waals surface area contributed by atoms with Gasteiger partial charge in [-0.05, 0) is 125 Å². The van der Waals surface area contributed by atoms with Crippen molar-refractivity contribution in [2.75, 3.05) is 13.2 Å². The highest BCUT2D eigenvalue weighted by molar-refractivity contribution is 7.47. The molecule has 0 aliphatic carbocycles. The van der Waals surface area contributed by atoms with Crippen molar-refractivity contribution >= 4 is 60.2 Å². The molecule has 5 saturated heterocycles. The summed E-state index contributed by atoms with van der Waals surface area (Å²) in [6.07, 6.45) is -2.96. The number of nitrogens with two attached hydrogens (primary N) is 6. The minimum atomic E-state index is -5.04. The van der Waals surface area contributed by atoms with E-state index >= 15 is 0 Å². The molecule has 0 saturated carbocycles. The lowest BCUT2D eigenvalue weighted by Crippen LogP contribution is -2.64. The molecule has 5 fully saturated rings. The van der Waals surface area contributed by atoms with E-state index in [1.165, 1.54) is 6.92 Å². The summed E-state index contributed by atoms with van der Waals surface area (Å²) in [4.78, 5) is 108. The van der Waals surface area contributed by atoms with Crippen LogP contribution in [0.3, 0.4) is 0 Å². The van der Waals surface area contributed by atoms with Crippen molar-refractivity contribution in [1.82, 2.24) is 31.6 Å². The van der Waals surface area contributed by atoms with Crippen LogP contribution in [0.15, 0.2) is 52.8 Å². The molecule has 498 valence electrons. The molecule has 3 unspecified atom stereocenters. The molecule has 7 heterocycles. The maximum Gasteiger partial charge on any atom is 0.472 e. The fraction of sp³-hybridized carbons (Fsp3) is 0.677. The van der Waals surface area contributed by atoms with Gasteiger partial charge in [0.1, 0.15) is 18.3 Å². The van der Waals surface area contributed by atoms with Gasteiger partial charge in [0.05, 0.1) is 12.7 Å². The Bertz CT molecular complexity index is 3330. The highest BCUT2D eigenvalue weighted by Crippen LogP contribution is 2.62. The molecule has 28 heteroatoms. The summed E-state index contributed by atoms with van der Waals surface area (Å²) in [6, 6.07) is 1.38. The van der Waals surface area contributed by atoms with Crippen LogP contribution in [-0.2, 0) is 51.9 Å². The van der Waals surface area contributed by atoms with Crippen LogP contribution in [-0.4, -0.2) is 129 Å². The van der Waals surface area contributed by atoms with E-state index in [1.54, 1.807) is 10.9 Å². The van der Waals surface area contributed by atoms with Gasteiger partial charge < -0.3 is 80.8 Å². The fourth-order valence-corrected chi connectivity index (χ4v) is 17.8. The number of rotatable bonds is 26. The van der Waals surface area contributed by atoms with E-state index < -0.39 is 156 Å². The van der Waals surface area contributed by atoms with E-state index in [4.69, 9.17) is 48.2 Å². The van der Waals surface area contributed by atoms with Crippen LogP contribution in [0.1, 0.15) is 150 Å². The molecule has 6 aliphatic rings. The lowest BCUT2D eigenvalue weighted by Gasteiger charge is -2.49. The van der Waals surface area contributed by atoms with Crippen LogP contribution < -0.4 is 65.6 Å². The van der Waals surface area contributed by atoms with Crippen molar-refractivity contribution in [3.8, 4) is 0 Å². The molecule has 0 spiro atoms. The first-order valence-corrected chi connectivity index (χ1v) is 32.6. The predicted octanol–water partition coefficient (Wildman–Crippen LogP) is 1.13. The molecular weight excluding hydrogens is 1180 g/mol. The number of aromatic nitrogens is 2. The van der Waals surface area contributed by atoms with E-state index in [0.29, 0.717) is 34.6 Å². The van der Waals surface area contributed by atoms with E-state index in [1.807, 2.05) is 67.5 Å². The summed E-state index contributed by atoms with van der Waals surface area (Å²) in [5, 5.41) is 40.2. The highest BCUT2D eigenvalue weighted by atomic mass is 31.2.